The summed E-state index contributed by atoms with van der Waals surface area (Å²) < 4.78 is 79.6. The minimum absolute atomic E-state index is 0.0863. The smallest absolute Gasteiger partial charge is 0.380 e. The molecule has 230 valence electrons. The zero-order valence-electron chi connectivity index (χ0n) is 23.2. The quantitative estimate of drug-likeness (QED) is 0.270. The number of amidine groups is 1. The molecule has 4 aliphatic rings. The average molecular weight is 643 g/mol. The molecule has 0 bridgehead atoms. The molecule has 3 atom stereocenters. The highest BCUT2D eigenvalue weighted by molar-refractivity contribution is 7.99. The van der Waals surface area contributed by atoms with Crippen molar-refractivity contribution >= 4 is 40.8 Å². The number of halogens is 6. The predicted octanol–water partition coefficient (Wildman–Crippen LogP) is 5.38. The molecule has 2 aromatic carbocycles. The van der Waals surface area contributed by atoms with Gasteiger partial charge in [0.2, 0.25) is 12.3 Å². The lowest BCUT2D eigenvalue weighted by Gasteiger charge is -2.48. The van der Waals surface area contributed by atoms with E-state index >= 15 is 4.39 Å². The number of aliphatic hydroxyl groups is 1. The van der Waals surface area contributed by atoms with E-state index < -0.39 is 51.3 Å². The van der Waals surface area contributed by atoms with Gasteiger partial charge in [0.25, 0.3) is 0 Å². The molecule has 0 saturated carbocycles. The minimum atomic E-state index is -4.94. The van der Waals surface area contributed by atoms with Crippen LogP contribution in [0.2, 0.25) is 5.02 Å². The molecule has 0 aliphatic carbocycles. The number of ether oxygens (including phenoxy) is 1. The number of aliphatic hydroxyl groups excluding tert-OH is 1. The second-order valence-electron chi connectivity index (χ2n) is 11.5. The van der Waals surface area contributed by atoms with Crippen molar-refractivity contribution in [1.29, 1.82) is 0 Å². The molecule has 1 amide bonds. The number of nitrogens with zero attached hydrogens (tertiary/aromatic N) is 4. The lowest BCUT2D eigenvalue weighted by atomic mass is 9.86. The highest BCUT2D eigenvalue weighted by Gasteiger charge is 2.49. The zero-order chi connectivity index (χ0) is 31.0. The van der Waals surface area contributed by atoms with Crippen molar-refractivity contribution in [3.63, 3.8) is 0 Å². The topological polar surface area (TPSA) is 68.6 Å². The number of aliphatic imine (C=N–C) groups is 1. The van der Waals surface area contributed by atoms with Gasteiger partial charge in [0.1, 0.15) is 17.5 Å². The molecule has 7 nitrogen and oxygen atoms in total. The number of carbonyl (C=O) groups excluding carboxylic acids is 1. The van der Waals surface area contributed by atoms with Crippen molar-refractivity contribution < 1.29 is 36.6 Å². The fourth-order valence-electron chi connectivity index (χ4n) is 6.46. The van der Waals surface area contributed by atoms with Gasteiger partial charge in [-0.2, -0.15) is 13.2 Å². The van der Waals surface area contributed by atoms with Crippen LogP contribution < -0.4 is 4.90 Å². The van der Waals surface area contributed by atoms with Crippen LogP contribution in [0.4, 0.5) is 27.6 Å². The van der Waals surface area contributed by atoms with E-state index in [0.717, 1.165) is 23.9 Å². The summed E-state index contributed by atoms with van der Waals surface area (Å²) in [6.45, 7) is 8.57. The van der Waals surface area contributed by atoms with E-state index in [1.807, 2.05) is 13.8 Å². The molecule has 0 radical (unpaired) electrons. The number of rotatable bonds is 2. The van der Waals surface area contributed by atoms with Crippen molar-refractivity contribution in [1.82, 2.24) is 9.80 Å². The molecule has 6 rings (SSSR count). The number of amides is 1. The van der Waals surface area contributed by atoms with Crippen LogP contribution in [0, 0.1) is 17.0 Å². The number of anilines is 1. The molecule has 1 unspecified atom stereocenters. The number of alkyl halides is 3. The van der Waals surface area contributed by atoms with Crippen molar-refractivity contribution in [2.75, 3.05) is 43.5 Å². The highest BCUT2D eigenvalue weighted by atomic mass is 35.5. The Morgan fingerprint density at radius 1 is 1.16 bits per heavy atom. The molecule has 0 aromatic heterocycles. The van der Waals surface area contributed by atoms with Crippen LogP contribution in [0.15, 0.2) is 40.7 Å². The van der Waals surface area contributed by atoms with E-state index in [0.29, 0.717) is 25.0 Å². The molecule has 1 N–H and O–H groups in total. The van der Waals surface area contributed by atoms with Crippen LogP contribution in [0.25, 0.3) is 11.1 Å². The Bertz CT molecular complexity index is 1540. The van der Waals surface area contributed by atoms with E-state index in [1.54, 1.807) is 9.80 Å². The monoisotopic (exact) mass is 642 g/mol. The molecular weight excluding hydrogens is 615 g/mol. The summed E-state index contributed by atoms with van der Waals surface area (Å²) in [4.78, 5) is 22.0. The third-order valence-corrected chi connectivity index (χ3v) is 10.1. The number of hydrogen-bond donors (Lipinski definition) is 1. The molecule has 4 aliphatic heterocycles. The Morgan fingerprint density at radius 3 is 2.42 bits per heavy atom. The predicted molar refractivity (Wildman–Crippen MR) is 153 cm³/mol. The summed E-state index contributed by atoms with van der Waals surface area (Å²) in [7, 11) is 0. The number of thioether (sulfide) groups is 1. The van der Waals surface area contributed by atoms with Gasteiger partial charge in [0.15, 0.2) is 0 Å². The average Bonchev–Trinajstić information content (AvgIpc) is 3.10. The summed E-state index contributed by atoms with van der Waals surface area (Å²) in [6.07, 6.45) is -5.18. The maximum atomic E-state index is 15.3. The Kier molecular flexibility index (Phi) is 7.46. The maximum Gasteiger partial charge on any atom is 0.417 e. The maximum absolute atomic E-state index is 15.3. The first-order chi connectivity index (χ1) is 20.2. The molecule has 1 spiro atoms. The van der Waals surface area contributed by atoms with E-state index in [4.69, 9.17) is 16.3 Å². The van der Waals surface area contributed by atoms with E-state index in [9.17, 15) is 27.5 Å². The third kappa shape index (κ3) is 4.98. The minimum Gasteiger partial charge on any atom is -0.380 e. The second kappa shape index (κ2) is 10.6. The largest absolute Gasteiger partial charge is 0.417 e. The Labute approximate surface area is 253 Å². The zero-order valence-corrected chi connectivity index (χ0v) is 24.8. The first-order valence-corrected chi connectivity index (χ1v) is 15.0. The van der Waals surface area contributed by atoms with Gasteiger partial charge in [-0.05, 0) is 32.1 Å². The van der Waals surface area contributed by atoms with Crippen molar-refractivity contribution in [3.05, 3.63) is 58.6 Å². The van der Waals surface area contributed by atoms with Crippen LogP contribution in [0.5, 0.6) is 0 Å². The standard InChI is InChI=1S/C29H28ClF5N4O3S/c1-4-22(40)39-14(2)8-37(9-15(39)3)26-17-5-18(29(33,34)35)23(16-6-19(30)21(32)7-20(16)31)25-24(17)38(27(41)36-26)10-28(13-43-25)11-42-12-28/h4-7,14-15,27,41H,1,8-13H2,2-3H3/t14-,15+,27?. The Balaban J connectivity index is 1.58. The van der Waals surface area contributed by atoms with Gasteiger partial charge >= 0.3 is 6.18 Å². The number of piperazine rings is 1. The molecule has 14 heteroatoms. The normalized spacial score (nSPS) is 24.7. The van der Waals surface area contributed by atoms with Gasteiger partial charge in [-0.15, -0.1) is 11.8 Å². The second-order valence-corrected chi connectivity index (χ2v) is 12.9. The van der Waals surface area contributed by atoms with Gasteiger partial charge in [-0.3, -0.25) is 4.79 Å². The third-order valence-electron chi connectivity index (χ3n) is 8.38. The summed E-state index contributed by atoms with van der Waals surface area (Å²) in [5.41, 5.74) is -2.20. The van der Waals surface area contributed by atoms with E-state index in [2.05, 4.69) is 11.6 Å². The number of hydrogen-bond acceptors (Lipinski definition) is 7. The molecule has 2 saturated heterocycles. The van der Waals surface area contributed by atoms with Crippen LogP contribution >= 0.6 is 23.4 Å². The van der Waals surface area contributed by atoms with Gasteiger partial charge in [0, 0.05) is 70.5 Å². The van der Waals surface area contributed by atoms with Crippen LogP contribution in [0.3, 0.4) is 0 Å². The molecule has 2 fully saturated rings. The van der Waals surface area contributed by atoms with E-state index in [1.165, 1.54) is 11.0 Å². The van der Waals surface area contributed by atoms with Crippen molar-refractivity contribution in [2.45, 2.75) is 43.4 Å². The summed E-state index contributed by atoms with van der Waals surface area (Å²) in [5.74, 6) is -2.09. The van der Waals surface area contributed by atoms with Gasteiger partial charge in [0.05, 0.1) is 29.5 Å². The summed E-state index contributed by atoms with van der Waals surface area (Å²) in [5, 5.41) is 10.9. The van der Waals surface area contributed by atoms with E-state index in [-0.39, 0.29) is 59.6 Å². The highest BCUT2D eigenvalue weighted by Crippen LogP contribution is 2.54. The van der Waals surface area contributed by atoms with Crippen LogP contribution in [-0.4, -0.2) is 83.7 Å². The molecule has 4 heterocycles. The fourth-order valence-corrected chi connectivity index (χ4v) is 8.06. The Morgan fingerprint density at radius 2 is 1.84 bits per heavy atom. The van der Waals surface area contributed by atoms with Gasteiger partial charge in [-0.1, -0.05) is 18.2 Å². The summed E-state index contributed by atoms with van der Waals surface area (Å²) in [6, 6.07) is 1.58. The van der Waals surface area contributed by atoms with Gasteiger partial charge in [-0.25, -0.2) is 13.8 Å². The number of benzene rings is 2. The van der Waals surface area contributed by atoms with Crippen LogP contribution in [-0.2, 0) is 15.7 Å². The van der Waals surface area contributed by atoms with Crippen LogP contribution in [0.1, 0.15) is 25.0 Å². The van der Waals surface area contributed by atoms with Crippen molar-refractivity contribution in [3.8, 4) is 11.1 Å². The van der Waals surface area contributed by atoms with Crippen molar-refractivity contribution in [2.24, 2.45) is 10.4 Å². The summed E-state index contributed by atoms with van der Waals surface area (Å²) >= 11 is 7.07. The fraction of sp³-hybridized carbons (Fsp3) is 0.448. The Hall–Kier alpha value is -2.87. The SMILES string of the molecule is C=CC(=O)N1[C@H](C)CN(C2=NC(O)N3CC4(COC4)CSc4c(-c5cc(Cl)c(F)cc5F)c(C(F)(F)F)cc2c43)C[C@@H]1C. The molecular formula is C29H28ClF5N4O3S. The molecule has 43 heavy (non-hydrogen) atoms. The van der Waals surface area contributed by atoms with Gasteiger partial charge < -0.3 is 24.5 Å². The number of carbonyl (C=O) groups is 1. The first kappa shape index (κ1) is 30.2. The first-order valence-electron chi connectivity index (χ1n) is 13.6. The molecule has 2 aromatic rings. The lowest BCUT2D eigenvalue weighted by molar-refractivity contribution is -0.137. The lowest BCUT2D eigenvalue weighted by Crippen LogP contribution is -2.61.